The first-order chi connectivity index (χ1) is 10.2. The largest absolute Gasteiger partial charge is 0.322 e. The summed E-state index contributed by atoms with van der Waals surface area (Å²) in [6.45, 7) is 1.88. The quantitative estimate of drug-likeness (QED) is 0.746. The van der Waals surface area contributed by atoms with Crippen molar-refractivity contribution < 1.29 is 4.79 Å². The van der Waals surface area contributed by atoms with Crippen LogP contribution in [0.15, 0.2) is 54.9 Å². The van der Waals surface area contributed by atoms with Crippen molar-refractivity contribution in [2.24, 2.45) is 0 Å². The second-order valence-electron chi connectivity index (χ2n) is 4.75. The van der Waals surface area contributed by atoms with E-state index in [1.807, 2.05) is 49.4 Å². The number of nitrogens with zero attached hydrogens (tertiary/aromatic N) is 2. The maximum Gasteiger partial charge on any atom is 0.259 e. The molecule has 21 heavy (non-hydrogen) atoms. The van der Waals surface area contributed by atoms with Gasteiger partial charge in [-0.25, -0.2) is 4.52 Å². The number of rotatable bonds is 3. The van der Waals surface area contributed by atoms with Gasteiger partial charge < -0.3 is 5.32 Å². The van der Waals surface area contributed by atoms with Crippen molar-refractivity contribution >= 4 is 28.7 Å². The van der Waals surface area contributed by atoms with Crippen LogP contribution in [0.1, 0.15) is 28.2 Å². The molecule has 1 amide bonds. The Morgan fingerprint density at radius 3 is 2.81 bits per heavy atom. The number of halogens is 1. The Morgan fingerprint density at radius 1 is 1.24 bits per heavy atom. The van der Waals surface area contributed by atoms with Crippen LogP contribution < -0.4 is 5.32 Å². The Hall–Kier alpha value is -2.33. The van der Waals surface area contributed by atoms with E-state index in [4.69, 9.17) is 11.6 Å². The molecule has 1 atom stereocenters. The van der Waals surface area contributed by atoms with E-state index in [0.717, 1.165) is 16.8 Å². The topological polar surface area (TPSA) is 46.4 Å². The van der Waals surface area contributed by atoms with Gasteiger partial charge in [0.05, 0.1) is 22.7 Å². The fourth-order valence-electron chi connectivity index (χ4n) is 2.26. The molecule has 0 aliphatic rings. The van der Waals surface area contributed by atoms with Gasteiger partial charge in [-0.3, -0.25) is 4.79 Å². The number of alkyl halides is 1. The highest BCUT2D eigenvalue weighted by Crippen LogP contribution is 2.27. The van der Waals surface area contributed by atoms with E-state index in [9.17, 15) is 4.79 Å². The average molecular weight is 300 g/mol. The predicted octanol–water partition coefficient (Wildman–Crippen LogP) is 3.89. The van der Waals surface area contributed by atoms with Gasteiger partial charge in [0.1, 0.15) is 0 Å². The molecule has 0 fully saturated rings. The number of hydrogen-bond donors (Lipinski definition) is 1. The minimum Gasteiger partial charge on any atom is -0.322 e. The SMILES string of the molecule is CC(Cl)c1ccccc1NC(=O)c1cnn2ccccc12. The van der Waals surface area contributed by atoms with Gasteiger partial charge in [0.2, 0.25) is 0 Å². The van der Waals surface area contributed by atoms with E-state index in [2.05, 4.69) is 10.4 Å². The first-order valence-corrected chi connectivity index (χ1v) is 7.07. The van der Waals surface area contributed by atoms with Crippen LogP contribution in [-0.2, 0) is 0 Å². The number of carbonyl (C=O) groups excluding carboxylic acids is 1. The third-order valence-electron chi connectivity index (χ3n) is 3.31. The zero-order chi connectivity index (χ0) is 14.8. The fraction of sp³-hybridized carbons (Fsp3) is 0.125. The molecule has 5 heteroatoms. The third kappa shape index (κ3) is 2.62. The van der Waals surface area contributed by atoms with Gasteiger partial charge in [0.25, 0.3) is 5.91 Å². The molecule has 1 unspecified atom stereocenters. The lowest BCUT2D eigenvalue weighted by Gasteiger charge is -2.12. The molecule has 0 bridgehead atoms. The minimum absolute atomic E-state index is 0.176. The van der Waals surface area contributed by atoms with Crippen LogP contribution in [0.25, 0.3) is 5.52 Å². The monoisotopic (exact) mass is 299 g/mol. The summed E-state index contributed by atoms with van der Waals surface area (Å²) in [5.41, 5.74) is 2.92. The summed E-state index contributed by atoms with van der Waals surface area (Å²) in [6.07, 6.45) is 3.37. The zero-order valence-corrected chi connectivity index (χ0v) is 12.2. The van der Waals surface area contributed by atoms with Crippen LogP contribution in [0.2, 0.25) is 0 Å². The summed E-state index contributed by atoms with van der Waals surface area (Å²) in [5, 5.41) is 6.90. The second-order valence-corrected chi connectivity index (χ2v) is 5.40. The normalized spacial score (nSPS) is 12.3. The number of benzene rings is 1. The summed E-state index contributed by atoms with van der Waals surface area (Å²) in [7, 11) is 0. The van der Waals surface area contributed by atoms with Gasteiger partial charge in [-0.15, -0.1) is 11.6 Å². The molecule has 0 aliphatic carbocycles. The predicted molar refractivity (Wildman–Crippen MR) is 83.9 cm³/mol. The maximum atomic E-state index is 12.5. The van der Waals surface area contributed by atoms with E-state index < -0.39 is 0 Å². The summed E-state index contributed by atoms with van der Waals surface area (Å²) in [5.74, 6) is -0.194. The first-order valence-electron chi connectivity index (χ1n) is 6.63. The molecule has 3 aromatic rings. The molecular weight excluding hydrogens is 286 g/mol. The molecule has 0 aliphatic heterocycles. The number of nitrogens with one attached hydrogen (secondary N) is 1. The van der Waals surface area contributed by atoms with Gasteiger partial charge in [-0.05, 0) is 30.7 Å². The maximum absolute atomic E-state index is 12.5. The summed E-state index contributed by atoms with van der Waals surface area (Å²) < 4.78 is 1.67. The lowest BCUT2D eigenvalue weighted by Crippen LogP contribution is -2.13. The van der Waals surface area contributed by atoms with Crippen LogP contribution in [0, 0.1) is 0 Å². The van der Waals surface area contributed by atoms with Crippen molar-refractivity contribution in [3.8, 4) is 0 Å². The molecule has 0 spiro atoms. The van der Waals surface area contributed by atoms with E-state index >= 15 is 0 Å². The van der Waals surface area contributed by atoms with Crippen molar-refractivity contribution in [1.29, 1.82) is 0 Å². The van der Waals surface area contributed by atoms with Crippen LogP contribution in [0.5, 0.6) is 0 Å². The van der Waals surface area contributed by atoms with E-state index in [-0.39, 0.29) is 11.3 Å². The first kappa shape index (κ1) is 13.6. The Bertz CT molecular complexity index is 795. The smallest absolute Gasteiger partial charge is 0.259 e. The van der Waals surface area contributed by atoms with Gasteiger partial charge in [-0.2, -0.15) is 5.10 Å². The second kappa shape index (κ2) is 5.58. The van der Waals surface area contributed by atoms with Crippen molar-refractivity contribution in [2.75, 3.05) is 5.32 Å². The molecule has 1 N–H and O–H groups in total. The van der Waals surface area contributed by atoms with Crippen LogP contribution >= 0.6 is 11.6 Å². The number of fused-ring (bicyclic) bond motifs is 1. The molecule has 0 saturated heterocycles. The lowest BCUT2D eigenvalue weighted by molar-refractivity contribution is 0.102. The van der Waals surface area contributed by atoms with E-state index in [1.165, 1.54) is 0 Å². The number of anilines is 1. The van der Waals surface area contributed by atoms with Gasteiger partial charge in [0, 0.05) is 11.9 Å². The highest BCUT2D eigenvalue weighted by Gasteiger charge is 2.15. The Kier molecular flexibility index (Phi) is 3.62. The lowest BCUT2D eigenvalue weighted by atomic mass is 10.1. The highest BCUT2D eigenvalue weighted by molar-refractivity contribution is 6.21. The summed E-state index contributed by atoms with van der Waals surface area (Å²) >= 11 is 6.14. The number of pyridine rings is 1. The summed E-state index contributed by atoms with van der Waals surface area (Å²) in [6, 6.07) is 13.1. The standard InChI is InChI=1S/C16H14ClN3O/c1-11(17)12-6-2-3-7-14(12)19-16(21)13-10-18-20-9-5-4-8-15(13)20/h2-11H,1H3,(H,19,21). The highest BCUT2D eigenvalue weighted by atomic mass is 35.5. The molecule has 4 nitrogen and oxygen atoms in total. The molecule has 2 heterocycles. The van der Waals surface area contributed by atoms with E-state index in [0.29, 0.717) is 5.56 Å². The Balaban J connectivity index is 1.94. The minimum atomic E-state index is -0.194. The Labute approximate surface area is 127 Å². The Morgan fingerprint density at radius 2 is 2.00 bits per heavy atom. The number of para-hydroxylation sites is 1. The molecule has 106 valence electrons. The third-order valence-corrected chi connectivity index (χ3v) is 3.54. The van der Waals surface area contributed by atoms with Gasteiger partial charge in [-0.1, -0.05) is 24.3 Å². The number of amides is 1. The van der Waals surface area contributed by atoms with Crippen LogP contribution in [-0.4, -0.2) is 15.5 Å². The molecular formula is C16H14ClN3O. The molecule has 0 radical (unpaired) electrons. The number of hydrogen-bond acceptors (Lipinski definition) is 2. The average Bonchev–Trinajstić information content (AvgIpc) is 2.91. The van der Waals surface area contributed by atoms with Gasteiger partial charge >= 0.3 is 0 Å². The molecule has 3 rings (SSSR count). The fourth-order valence-corrected chi connectivity index (χ4v) is 2.45. The van der Waals surface area contributed by atoms with Crippen molar-refractivity contribution in [2.45, 2.75) is 12.3 Å². The van der Waals surface area contributed by atoms with Gasteiger partial charge in [0.15, 0.2) is 0 Å². The van der Waals surface area contributed by atoms with Crippen molar-refractivity contribution in [3.05, 3.63) is 66.0 Å². The number of carbonyl (C=O) groups is 1. The number of aromatic nitrogens is 2. The van der Waals surface area contributed by atoms with Crippen molar-refractivity contribution in [3.63, 3.8) is 0 Å². The summed E-state index contributed by atoms with van der Waals surface area (Å²) in [4.78, 5) is 12.5. The molecule has 1 aromatic carbocycles. The van der Waals surface area contributed by atoms with Crippen LogP contribution in [0.3, 0.4) is 0 Å². The van der Waals surface area contributed by atoms with E-state index in [1.54, 1.807) is 16.9 Å². The van der Waals surface area contributed by atoms with Crippen molar-refractivity contribution in [1.82, 2.24) is 9.61 Å². The van der Waals surface area contributed by atoms with Crippen LogP contribution in [0.4, 0.5) is 5.69 Å². The molecule has 2 aromatic heterocycles. The zero-order valence-electron chi connectivity index (χ0n) is 11.5. The molecule has 0 saturated carbocycles.